The second-order valence-electron chi connectivity index (χ2n) is 4.24. The van der Waals surface area contributed by atoms with Crippen molar-refractivity contribution in [1.29, 1.82) is 0 Å². The predicted molar refractivity (Wildman–Crippen MR) is 71.0 cm³/mol. The first-order valence-corrected chi connectivity index (χ1v) is 6.98. The fourth-order valence-electron chi connectivity index (χ4n) is 1.71. The van der Waals surface area contributed by atoms with Gasteiger partial charge in [-0.3, -0.25) is 0 Å². The molecule has 1 N–H and O–H groups in total. The summed E-state index contributed by atoms with van der Waals surface area (Å²) in [5.41, 5.74) is 0. The van der Waals surface area contributed by atoms with Crippen molar-refractivity contribution in [2.45, 2.75) is 33.2 Å². The van der Waals surface area contributed by atoms with Crippen LogP contribution in [0.3, 0.4) is 0 Å². The monoisotopic (exact) mass is 241 g/mol. The van der Waals surface area contributed by atoms with Gasteiger partial charge in [0.2, 0.25) is 0 Å². The van der Waals surface area contributed by atoms with Crippen molar-refractivity contribution in [3.8, 4) is 0 Å². The smallest absolute Gasteiger partial charge is 0.0477 e. The highest BCUT2D eigenvalue weighted by Crippen LogP contribution is 2.25. The summed E-state index contributed by atoms with van der Waals surface area (Å²) in [7, 11) is 0. The van der Waals surface area contributed by atoms with E-state index in [1.54, 1.807) is 0 Å². The molecule has 2 nitrogen and oxygen atoms in total. The van der Waals surface area contributed by atoms with Gasteiger partial charge in [0.05, 0.1) is 0 Å². The molecule has 1 aromatic rings. The van der Waals surface area contributed by atoms with Gasteiger partial charge in [0, 0.05) is 24.1 Å². The van der Waals surface area contributed by atoms with Crippen LogP contribution in [0.1, 0.15) is 38.1 Å². The molecule has 1 rings (SSSR count). The molecule has 0 aliphatic rings. The van der Waals surface area contributed by atoms with E-state index in [0.29, 0.717) is 12.0 Å². The normalized spacial score (nSPS) is 13.2. The summed E-state index contributed by atoms with van der Waals surface area (Å²) in [6, 6.07) is 4.82. The Morgan fingerprint density at radius 3 is 2.81 bits per heavy atom. The zero-order valence-electron chi connectivity index (χ0n) is 10.5. The maximum absolute atomic E-state index is 5.33. The molecule has 1 unspecified atom stereocenters. The summed E-state index contributed by atoms with van der Waals surface area (Å²) in [6.07, 6.45) is 1.09. The van der Waals surface area contributed by atoms with Crippen LogP contribution >= 0.6 is 11.3 Å². The molecule has 1 atom stereocenters. The molecule has 1 aromatic heterocycles. The van der Waals surface area contributed by atoms with Crippen LogP contribution < -0.4 is 5.32 Å². The van der Waals surface area contributed by atoms with Gasteiger partial charge in [-0.25, -0.2) is 0 Å². The topological polar surface area (TPSA) is 21.3 Å². The van der Waals surface area contributed by atoms with Crippen molar-refractivity contribution in [2.75, 3.05) is 19.8 Å². The van der Waals surface area contributed by atoms with Gasteiger partial charge < -0.3 is 10.1 Å². The fourth-order valence-corrected chi connectivity index (χ4v) is 2.68. The summed E-state index contributed by atoms with van der Waals surface area (Å²) < 4.78 is 5.33. The van der Waals surface area contributed by atoms with Crippen molar-refractivity contribution in [1.82, 2.24) is 5.32 Å². The summed E-state index contributed by atoms with van der Waals surface area (Å²) in [5, 5.41) is 5.76. The van der Waals surface area contributed by atoms with Crippen LogP contribution in [0.4, 0.5) is 0 Å². The highest BCUT2D eigenvalue weighted by molar-refractivity contribution is 7.10. The van der Waals surface area contributed by atoms with Crippen molar-refractivity contribution < 1.29 is 4.74 Å². The lowest BCUT2D eigenvalue weighted by molar-refractivity contribution is 0.143. The highest BCUT2D eigenvalue weighted by Gasteiger charge is 2.15. The third-order valence-corrected chi connectivity index (χ3v) is 3.51. The quantitative estimate of drug-likeness (QED) is 0.704. The first kappa shape index (κ1) is 13.7. The minimum absolute atomic E-state index is 0.488. The van der Waals surface area contributed by atoms with Crippen LogP contribution in [0.5, 0.6) is 0 Å². The zero-order valence-corrected chi connectivity index (χ0v) is 11.3. The van der Waals surface area contributed by atoms with Crippen molar-refractivity contribution >= 4 is 11.3 Å². The van der Waals surface area contributed by atoms with Crippen LogP contribution in [-0.2, 0) is 4.74 Å². The van der Waals surface area contributed by atoms with E-state index in [0.717, 1.165) is 26.2 Å². The third-order valence-electron chi connectivity index (χ3n) is 2.55. The highest BCUT2D eigenvalue weighted by atomic mass is 32.1. The molecule has 0 spiro atoms. The molecular weight excluding hydrogens is 218 g/mol. The molecule has 0 fully saturated rings. The second-order valence-corrected chi connectivity index (χ2v) is 5.22. The molecule has 3 heteroatoms. The van der Waals surface area contributed by atoms with Gasteiger partial charge in [-0.2, -0.15) is 0 Å². The molecule has 0 radical (unpaired) electrons. The third kappa shape index (κ3) is 4.64. The summed E-state index contributed by atoms with van der Waals surface area (Å²) in [5.74, 6) is 0.630. The van der Waals surface area contributed by atoms with Crippen molar-refractivity contribution in [2.24, 2.45) is 5.92 Å². The molecule has 0 amide bonds. The summed E-state index contributed by atoms with van der Waals surface area (Å²) in [6.45, 7) is 9.27. The SMILES string of the molecule is CCOCCCNC(c1cccs1)C(C)C. The number of rotatable bonds is 8. The Balaban J connectivity index is 2.30. The Morgan fingerprint density at radius 2 is 2.25 bits per heavy atom. The molecule has 0 saturated carbocycles. The Labute approximate surface area is 103 Å². The van der Waals surface area contributed by atoms with Gasteiger partial charge in [0.15, 0.2) is 0 Å². The van der Waals surface area contributed by atoms with Crippen LogP contribution in [0.15, 0.2) is 17.5 Å². The maximum atomic E-state index is 5.33. The summed E-state index contributed by atoms with van der Waals surface area (Å²) in [4.78, 5) is 1.44. The van der Waals surface area contributed by atoms with Gasteiger partial charge in [-0.1, -0.05) is 19.9 Å². The van der Waals surface area contributed by atoms with Gasteiger partial charge in [0.25, 0.3) is 0 Å². The molecule has 92 valence electrons. The Kier molecular flexibility index (Phi) is 6.69. The second kappa shape index (κ2) is 7.82. The van der Waals surface area contributed by atoms with Crippen molar-refractivity contribution in [3.05, 3.63) is 22.4 Å². The molecule has 0 aromatic carbocycles. The van der Waals surface area contributed by atoms with E-state index in [4.69, 9.17) is 4.74 Å². The largest absolute Gasteiger partial charge is 0.382 e. The van der Waals surface area contributed by atoms with Crippen LogP contribution in [0.25, 0.3) is 0 Å². The molecule has 1 heterocycles. The molecule has 0 bridgehead atoms. The Morgan fingerprint density at radius 1 is 1.44 bits per heavy atom. The van der Waals surface area contributed by atoms with Crippen LogP contribution in [0.2, 0.25) is 0 Å². The van der Waals surface area contributed by atoms with Gasteiger partial charge in [0.1, 0.15) is 0 Å². The maximum Gasteiger partial charge on any atom is 0.0477 e. The van der Waals surface area contributed by atoms with E-state index < -0.39 is 0 Å². The van der Waals surface area contributed by atoms with E-state index in [2.05, 4.69) is 36.7 Å². The number of ether oxygens (including phenoxy) is 1. The lowest BCUT2D eigenvalue weighted by Gasteiger charge is -2.21. The van der Waals surface area contributed by atoms with Gasteiger partial charge in [-0.05, 0) is 37.3 Å². The van der Waals surface area contributed by atoms with E-state index in [-0.39, 0.29) is 0 Å². The minimum Gasteiger partial charge on any atom is -0.382 e. The Bertz CT molecular complexity index is 259. The lowest BCUT2D eigenvalue weighted by Crippen LogP contribution is -2.26. The van der Waals surface area contributed by atoms with Crippen LogP contribution in [0, 0.1) is 5.92 Å². The van der Waals surface area contributed by atoms with E-state index >= 15 is 0 Å². The number of hydrogen-bond acceptors (Lipinski definition) is 3. The first-order chi connectivity index (χ1) is 7.75. The predicted octanol–water partition coefficient (Wildman–Crippen LogP) is 3.46. The molecule has 16 heavy (non-hydrogen) atoms. The molecular formula is C13H23NOS. The summed E-state index contributed by atoms with van der Waals surface area (Å²) >= 11 is 1.83. The standard InChI is InChI=1S/C13H23NOS/c1-4-15-9-6-8-14-13(11(2)3)12-7-5-10-16-12/h5,7,10-11,13-14H,4,6,8-9H2,1-3H3. The zero-order chi connectivity index (χ0) is 11.8. The number of thiophene rings is 1. The average Bonchev–Trinajstić information content (AvgIpc) is 2.76. The number of hydrogen-bond donors (Lipinski definition) is 1. The van der Waals surface area contributed by atoms with E-state index in [1.807, 2.05) is 18.3 Å². The van der Waals surface area contributed by atoms with E-state index in [1.165, 1.54) is 4.88 Å². The lowest BCUT2D eigenvalue weighted by atomic mass is 10.0. The minimum atomic E-state index is 0.488. The van der Waals surface area contributed by atoms with Crippen molar-refractivity contribution in [3.63, 3.8) is 0 Å². The molecule has 0 saturated heterocycles. The van der Waals surface area contributed by atoms with Gasteiger partial charge in [-0.15, -0.1) is 11.3 Å². The van der Waals surface area contributed by atoms with Crippen LogP contribution in [-0.4, -0.2) is 19.8 Å². The first-order valence-electron chi connectivity index (χ1n) is 6.10. The number of nitrogens with one attached hydrogen (secondary N) is 1. The van der Waals surface area contributed by atoms with E-state index in [9.17, 15) is 0 Å². The molecule has 0 aliphatic carbocycles. The van der Waals surface area contributed by atoms with Gasteiger partial charge >= 0.3 is 0 Å². The molecule has 0 aliphatic heterocycles. The Hall–Kier alpha value is -0.380. The fraction of sp³-hybridized carbons (Fsp3) is 0.692. The average molecular weight is 241 g/mol.